The summed E-state index contributed by atoms with van der Waals surface area (Å²) in [5, 5.41) is 0. The molecule has 0 atom stereocenters. The van der Waals surface area contributed by atoms with Crippen molar-refractivity contribution in [2.24, 2.45) is 0 Å². The van der Waals surface area contributed by atoms with Crippen LogP contribution in [0.2, 0.25) is 0 Å². The summed E-state index contributed by atoms with van der Waals surface area (Å²) in [6.45, 7) is -4.69. The highest BCUT2D eigenvalue weighted by Crippen LogP contribution is 2.18. The topological polar surface area (TPSA) is 9.23 Å². The van der Waals surface area contributed by atoms with Crippen molar-refractivity contribution >= 4 is 0 Å². The minimum Gasteiger partial charge on any atom is -0.348 e. The molecule has 11 heteroatoms. The van der Waals surface area contributed by atoms with Gasteiger partial charge >= 0.3 is 6.18 Å². The minimum absolute atomic E-state index is 0.128. The fourth-order valence-corrected chi connectivity index (χ4v) is 0.216. The van der Waals surface area contributed by atoms with Gasteiger partial charge in [0.2, 0.25) is 6.93 Å². The van der Waals surface area contributed by atoms with Crippen molar-refractivity contribution in [1.29, 1.82) is 0 Å². The lowest BCUT2D eigenvalue weighted by Gasteiger charge is -1.98. The predicted octanol–water partition coefficient (Wildman–Crippen LogP) is 4.86. The van der Waals surface area contributed by atoms with Crippen LogP contribution in [0.1, 0.15) is 6.42 Å². The average Bonchev–Trinajstić information content (AvgIpc) is 2.41. The summed E-state index contributed by atoms with van der Waals surface area (Å²) in [6.07, 6.45) is -5.65. The molecule has 0 aromatic heterocycles. The Morgan fingerprint density at radius 1 is 0.750 bits per heavy atom. The quantitative estimate of drug-likeness (QED) is 0.528. The van der Waals surface area contributed by atoms with E-state index >= 15 is 0 Å². The van der Waals surface area contributed by atoms with Crippen molar-refractivity contribution in [2.45, 2.75) is 12.6 Å². The summed E-state index contributed by atoms with van der Waals surface area (Å²) in [5.74, 6) is 0. The van der Waals surface area contributed by atoms with Crippen molar-refractivity contribution in [3.63, 3.8) is 0 Å². The second-order valence-electron chi connectivity index (χ2n) is 1.86. The Morgan fingerprint density at radius 3 is 1.15 bits per heavy atom. The van der Waals surface area contributed by atoms with Gasteiger partial charge in [-0.3, -0.25) is 13.2 Å². The van der Waals surface area contributed by atoms with E-state index in [0.29, 0.717) is 14.4 Å². The third-order valence-corrected chi connectivity index (χ3v) is 0.677. The summed E-state index contributed by atoms with van der Waals surface area (Å²) >= 11 is 0. The molecule has 0 aliphatic heterocycles. The van der Waals surface area contributed by atoms with Gasteiger partial charge in [-0.25, -0.2) is 17.6 Å². The lowest BCUT2D eigenvalue weighted by Crippen LogP contribution is -2.07. The zero-order valence-corrected chi connectivity index (χ0v) is 10.9. The van der Waals surface area contributed by atoms with Gasteiger partial charge in [-0.05, 0) is 0 Å². The fourth-order valence-electron chi connectivity index (χ4n) is 0.216. The van der Waals surface area contributed by atoms with Crippen LogP contribution in [0, 0.1) is 0 Å². The molecule has 1 nitrogen and oxygen atoms in total. The highest BCUT2D eigenvalue weighted by atomic mass is 19.4. The van der Waals surface area contributed by atoms with Gasteiger partial charge in [0.1, 0.15) is 6.67 Å². The molecule has 0 heterocycles. The largest absolute Gasteiger partial charge is 0.391 e. The van der Waals surface area contributed by atoms with Crippen molar-refractivity contribution in [3.8, 4) is 0 Å². The molecule has 0 aliphatic carbocycles. The molecule has 0 aromatic carbocycles. The van der Waals surface area contributed by atoms with Crippen LogP contribution in [-0.4, -0.2) is 54.3 Å². The van der Waals surface area contributed by atoms with Crippen LogP contribution in [0.25, 0.3) is 0 Å². The van der Waals surface area contributed by atoms with Crippen LogP contribution in [-0.2, 0) is 4.74 Å². The molecule has 0 rings (SSSR count). The Labute approximate surface area is 110 Å². The van der Waals surface area contributed by atoms with Gasteiger partial charge in [-0.2, -0.15) is 13.2 Å². The zero-order chi connectivity index (χ0) is 17.4. The van der Waals surface area contributed by atoms with Crippen LogP contribution in [0.4, 0.5) is 43.9 Å². The monoisotopic (exact) mass is 332 g/mol. The van der Waals surface area contributed by atoms with Crippen LogP contribution < -0.4 is 0 Å². The Morgan fingerprint density at radius 2 is 1.10 bits per heavy atom. The van der Waals surface area contributed by atoms with E-state index in [0.717, 1.165) is 0 Å². The molecule has 0 spiro atoms. The van der Waals surface area contributed by atoms with Gasteiger partial charge in [0, 0.05) is 0 Å². The number of hydrogen-bond donors (Lipinski definition) is 0. The molecule has 0 N–H and O–H groups in total. The number of ether oxygens (including phenoxy) is 1. The van der Waals surface area contributed by atoms with Crippen molar-refractivity contribution in [1.82, 2.24) is 0 Å². The molecular weight excluding hydrogens is 314 g/mol. The maximum absolute atomic E-state index is 10.9. The molecule has 0 amide bonds. The second-order valence-corrected chi connectivity index (χ2v) is 1.86. The average molecular weight is 332 g/mol. The number of hydrogen-bond acceptors (Lipinski definition) is 1. The van der Waals surface area contributed by atoms with E-state index in [1.54, 1.807) is 0 Å². The molecule has 0 radical (unpaired) electrons. The molecule has 0 saturated heterocycles. The number of rotatable bonds is 4. The summed E-state index contributed by atoms with van der Waals surface area (Å²) in [4.78, 5) is 0. The lowest BCUT2D eigenvalue weighted by molar-refractivity contribution is -0.136. The molecule has 20 heavy (non-hydrogen) atoms. The second kappa shape index (κ2) is 36.2. The summed E-state index contributed by atoms with van der Waals surface area (Å²) in [7, 11) is 1.00. The predicted molar refractivity (Wildman–Crippen MR) is 55.7 cm³/mol. The molecule has 130 valence electrons. The normalized spacial score (nSPS) is 8.40. The molecular formula is C9H18F10O. The van der Waals surface area contributed by atoms with Crippen molar-refractivity contribution in [2.75, 3.05) is 48.1 Å². The lowest BCUT2D eigenvalue weighted by atomic mass is 10.5. The molecule has 0 saturated carbocycles. The van der Waals surface area contributed by atoms with Crippen molar-refractivity contribution in [3.05, 3.63) is 0 Å². The molecule has 0 bridgehead atoms. The highest BCUT2D eigenvalue weighted by molar-refractivity contribution is 4.45. The Balaban J connectivity index is -0.0000000524. The van der Waals surface area contributed by atoms with Gasteiger partial charge in [0.25, 0.3) is 0 Å². The minimum atomic E-state index is -4.32. The maximum Gasteiger partial charge on any atom is 0.391 e. The van der Waals surface area contributed by atoms with Crippen molar-refractivity contribution < 1.29 is 48.6 Å². The first-order chi connectivity index (χ1) is 9.39. The first kappa shape index (κ1) is 31.6. The first-order valence-corrected chi connectivity index (χ1v) is 4.59. The smallest absolute Gasteiger partial charge is 0.348 e. The van der Waals surface area contributed by atoms with E-state index in [9.17, 15) is 43.9 Å². The summed E-state index contributed by atoms with van der Waals surface area (Å²) in [5.41, 5.74) is 0. The summed E-state index contributed by atoms with van der Waals surface area (Å²) < 4.78 is 107. The molecule has 0 fully saturated rings. The Kier molecular flexibility index (Phi) is 57.1. The van der Waals surface area contributed by atoms with E-state index in [1.165, 1.54) is 0 Å². The third-order valence-electron chi connectivity index (χ3n) is 0.677. The van der Waals surface area contributed by atoms with Gasteiger partial charge in [0.05, 0.1) is 34.1 Å². The van der Waals surface area contributed by atoms with E-state index in [-0.39, 0.29) is 6.61 Å². The van der Waals surface area contributed by atoms with Gasteiger partial charge in [0.15, 0.2) is 6.86 Å². The van der Waals surface area contributed by atoms with Gasteiger partial charge < -0.3 is 4.74 Å². The molecule has 0 unspecified atom stereocenters. The highest BCUT2D eigenvalue weighted by Gasteiger charge is 2.25. The molecule has 0 aromatic rings. The zero-order valence-electron chi connectivity index (χ0n) is 10.9. The fraction of sp³-hybridized carbons (Fsp3) is 1.00. The van der Waals surface area contributed by atoms with Crippen LogP contribution in [0.15, 0.2) is 0 Å². The van der Waals surface area contributed by atoms with Crippen LogP contribution >= 0.6 is 0 Å². The van der Waals surface area contributed by atoms with E-state index in [2.05, 4.69) is 4.74 Å². The Bertz CT molecular complexity index is 107. The van der Waals surface area contributed by atoms with Crippen LogP contribution in [0.3, 0.4) is 0 Å². The van der Waals surface area contributed by atoms with E-state index in [1.807, 2.05) is 0 Å². The number of alkyl halides is 10. The van der Waals surface area contributed by atoms with E-state index < -0.39 is 39.7 Å². The van der Waals surface area contributed by atoms with Gasteiger partial charge in [-0.1, -0.05) is 0 Å². The first-order valence-electron chi connectivity index (χ1n) is 4.59. The van der Waals surface area contributed by atoms with E-state index in [4.69, 9.17) is 0 Å². The molecule has 0 aliphatic rings. The van der Waals surface area contributed by atoms with Gasteiger partial charge in [-0.15, -0.1) is 0 Å². The van der Waals surface area contributed by atoms with Crippen LogP contribution in [0.5, 0.6) is 0 Å². The third kappa shape index (κ3) is 116. The standard InChI is InChI=1S/C3H4F4.C3H6F2O.CH2F2.2CH3F/c4-2-1-3(5,6)7;4-1-2-6-3-5;2-1-3;2*1-2/h1-2H2;1-3H2;1H2;2*1H3. The summed E-state index contributed by atoms with van der Waals surface area (Å²) in [6, 6.07) is 0. The number of halogens is 10. The Hall–Kier alpha value is -0.740. The SMILES string of the molecule is CF.CF.FCCC(F)(F)F.FCCOCF.FCF. The maximum atomic E-state index is 10.9.